The average Bonchev–Trinajstić information content (AvgIpc) is 2.76. The summed E-state index contributed by atoms with van der Waals surface area (Å²) in [6.07, 6.45) is 1.14. The molecule has 3 heteroatoms. The fraction of sp³-hybridized carbons (Fsp3) is 0.500. The molecule has 0 amide bonds. The molecule has 1 saturated carbocycles. The monoisotopic (exact) mass is 209 g/mol. The Bertz CT molecular complexity index is 376. The Morgan fingerprint density at radius 1 is 1.53 bits per heavy atom. The van der Waals surface area contributed by atoms with E-state index in [-0.39, 0.29) is 11.6 Å². The lowest BCUT2D eigenvalue weighted by Gasteiger charge is -2.08. The summed E-state index contributed by atoms with van der Waals surface area (Å²) in [4.78, 5) is 0. The third-order valence-corrected chi connectivity index (χ3v) is 3.09. The van der Waals surface area contributed by atoms with Crippen molar-refractivity contribution in [3.8, 4) is 5.75 Å². The maximum atomic E-state index is 12.9. The molecule has 82 valence electrons. The third kappa shape index (κ3) is 2.29. The number of rotatable bonds is 3. The van der Waals surface area contributed by atoms with Crippen molar-refractivity contribution in [3.05, 3.63) is 29.6 Å². The van der Waals surface area contributed by atoms with E-state index in [9.17, 15) is 9.50 Å². The summed E-state index contributed by atoms with van der Waals surface area (Å²) >= 11 is 0. The minimum absolute atomic E-state index is 0.155. The van der Waals surface area contributed by atoms with Crippen LogP contribution in [-0.4, -0.2) is 11.1 Å². The molecule has 15 heavy (non-hydrogen) atoms. The van der Waals surface area contributed by atoms with E-state index in [1.165, 1.54) is 18.2 Å². The Morgan fingerprint density at radius 3 is 2.80 bits per heavy atom. The number of aromatic hydroxyl groups is 1. The maximum absolute atomic E-state index is 12.9. The first-order chi connectivity index (χ1) is 6.99. The van der Waals surface area contributed by atoms with Gasteiger partial charge in [-0.1, -0.05) is 13.8 Å². The van der Waals surface area contributed by atoms with Crippen LogP contribution >= 0.6 is 0 Å². The molecule has 0 aromatic heterocycles. The molecule has 0 saturated heterocycles. The average molecular weight is 209 g/mol. The molecule has 1 atom stereocenters. The largest absolute Gasteiger partial charge is 0.508 e. The highest BCUT2D eigenvalue weighted by Gasteiger charge is 2.45. The quantitative estimate of drug-likeness (QED) is 0.801. The van der Waals surface area contributed by atoms with E-state index in [2.05, 4.69) is 19.2 Å². The molecule has 0 spiro atoms. The van der Waals surface area contributed by atoms with Crippen LogP contribution in [0.5, 0.6) is 5.75 Å². The lowest BCUT2D eigenvalue weighted by Crippen LogP contribution is -2.20. The zero-order chi connectivity index (χ0) is 11.1. The number of phenols is 1. The molecule has 0 aliphatic heterocycles. The highest BCUT2D eigenvalue weighted by atomic mass is 19.1. The maximum Gasteiger partial charge on any atom is 0.123 e. The van der Waals surface area contributed by atoms with Crippen molar-refractivity contribution in [2.75, 3.05) is 0 Å². The number of hydrogen-bond donors (Lipinski definition) is 2. The van der Waals surface area contributed by atoms with E-state index in [1.54, 1.807) is 0 Å². The summed E-state index contributed by atoms with van der Waals surface area (Å²) in [5, 5.41) is 12.8. The van der Waals surface area contributed by atoms with Gasteiger partial charge in [0.1, 0.15) is 11.6 Å². The van der Waals surface area contributed by atoms with Crippen molar-refractivity contribution in [2.24, 2.45) is 5.41 Å². The molecule has 1 aromatic rings. The van der Waals surface area contributed by atoms with Crippen LogP contribution in [0.3, 0.4) is 0 Å². The fourth-order valence-corrected chi connectivity index (χ4v) is 1.74. The highest BCUT2D eigenvalue weighted by Crippen LogP contribution is 2.44. The summed E-state index contributed by atoms with van der Waals surface area (Å²) in [5.41, 5.74) is 0.973. The molecular formula is C12H16FNO. The number of phenolic OH excluding ortho intramolecular Hbond substituents is 1. The second-order valence-corrected chi connectivity index (χ2v) is 4.90. The van der Waals surface area contributed by atoms with Gasteiger partial charge in [0, 0.05) is 18.2 Å². The molecule has 2 nitrogen and oxygen atoms in total. The van der Waals surface area contributed by atoms with Gasteiger partial charge in [-0.3, -0.25) is 0 Å². The predicted octanol–water partition coefficient (Wildman–Crippen LogP) is 2.42. The number of benzene rings is 1. The summed E-state index contributed by atoms with van der Waals surface area (Å²) in [7, 11) is 0. The van der Waals surface area contributed by atoms with Crippen molar-refractivity contribution in [2.45, 2.75) is 32.9 Å². The van der Waals surface area contributed by atoms with Crippen LogP contribution < -0.4 is 5.32 Å². The van der Waals surface area contributed by atoms with E-state index in [1.807, 2.05) is 0 Å². The van der Waals surface area contributed by atoms with Crippen LogP contribution in [0.2, 0.25) is 0 Å². The minimum atomic E-state index is -0.306. The van der Waals surface area contributed by atoms with Gasteiger partial charge in [-0.05, 0) is 30.0 Å². The second-order valence-electron chi connectivity index (χ2n) is 4.90. The molecule has 0 bridgehead atoms. The molecule has 1 aliphatic carbocycles. The third-order valence-electron chi connectivity index (χ3n) is 3.09. The van der Waals surface area contributed by atoms with Gasteiger partial charge in [0.2, 0.25) is 0 Å². The van der Waals surface area contributed by atoms with Crippen LogP contribution in [0, 0.1) is 11.2 Å². The fourth-order valence-electron chi connectivity index (χ4n) is 1.74. The molecular weight excluding hydrogens is 193 g/mol. The molecule has 0 heterocycles. The van der Waals surface area contributed by atoms with Gasteiger partial charge < -0.3 is 10.4 Å². The first-order valence-electron chi connectivity index (χ1n) is 5.20. The first-order valence-corrected chi connectivity index (χ1v) is 5.20. The summed E-state index contributed by atoms with van der Waals surface area (Å²) in [5.74, 6) is -0.151. The molecule has 2 rings (SSSR count). The Morgan fingerprint density at radius 2 is 2.20 bits per heavy atom. The Kier molecular flexibility index (Phi) is 2.43. The zero-order valence-corrected chi connectivity index (χ0v) is 9.05. The lowest BCUT2D eigenvalue weighted by molar-refractivity contribution is 0.458. The van der Waals surface area contributed by atoms with Crippen molar-refractivity contribution in [1.29, 1.82) is 0 Å². The highest BCUT2D eigenvalue weighted by molar-refractivity contribution is 5.32. The molecule has 1 unspecified atom stereocenters. The second kappa shape index (κ2) is 3.49. The van der Waals surface area contributed by atoms with Crippen LogP contribution in [0.15, 0.2) is 18.2 Å². The number of hydrogen-bond acceptors (Lipinski definition) is 2. The van der Waals surface area contributed by atoms with Crippen LogP contribution in [-0.2, 0) is 6.54 Å². The smallest absolute Gasteiger partial charge is 0.123 e. The summed E-state index contributed by atoms with van der Waals surface area (Å²) in [6.45, 7) is 4.91. The van der Waals surface area contributed by atoms with Gasteiger partial charge in [0.05, 0.1) is 0 Å². The Balaban J connectivity index is 1.96. The van der Waals surface area contributed by atoms with Crippen molar-refractivity contribution in [3.63, 3.8) is 0 Å². The van der Waals surface area contributed by atoms with Gasteiger partial charge in [-0.2, -0.15) is 0 Å². The van der Waals surface area contributed by atoms with Gasteiger partial charge in [0.25, 0.3) is 0 Å². The first kappa shape index (κ1) is 10.4. The van der Waals surface area contributed by atoms with E-state index in [4.69, 9.17) is 0 Å². The number of nitrogens with one attached hydrogen (secondary N) is 1. The number of halogens is 1. The van der Waals surface area contributed by atoms with E-state index in [0.717, 1.165) is 6.42 Å². The van der Waals surface area contributed by atoms with Gasteiger partial charge >= 0.3 is 0 Å². The van der Waals surface area contributed by atoms with Gasteiger partial charge in [-0.15, -0.1) is 0 Å². The predicted molar refractivity (Wildman–Crippen MR) is 57.1 cm³/mol. The Labute approximate surface area is 89.1 Å². The van der Waals surface area contributed by atoms with Crippen LogP contribution in [0.25, 0.3) is 0 Å². The van der Waals surface area contributed by atoms with E-state index in [0.29, 0.717) is 23.6 Å². The SMILES string of the molecule is CC1(C)CC1NCc1cc(F)ccc1O. The molecule has 1 aliphatic rings. The molecule has 2 N–H and O–H groups in total. The van der Waals surface area contributed by atoms with Crippen molar-refractivity contribution < 1.29 is 9.50 Å². The molecule has 0 radical (unpaired) electrons. The lowest BCUT2D eigenvalue weighted by atomic mass is 10.1. The molecule has 1 aromatic carbocycles. The van der Waals surface area contributed by atoms with Crippen molar-refractivity contribution >= 4 is 0 Å². The Hall–Kier alpha value is -1.09. The topological polar surface area (TPSA) is 32.3 Å². The zero-order valence-electron chi connectivity index (χ0n) is 9.05. The summed E-state index contributed by atoms with van der Waals surface area (Å²) < 4.78 is 12.9. The van der Waals surface area contributed by atoms with Gasteiger partial charge in [-0.25, -0.2) is 4.39 Å². The van der Waals surface area contributed by atoms with E-state index < -0.39 is 0 Å². The van der Waals surface area contributed by atoms with Crippen molar-refractivity contribution in [1.82, 2.24) is 5.32 Å². The van der Waals surface area contributed by atoms with E-state index >= 15 is 0 Å². The molecule has 1 fully saturated rings. The van der Waals surface area contributed by atoms with Crippen LogP contribution in [0.1, 0.15) is 25.8 Å². The summed E-state index contributed by atoms with van der Waals surface area (Å²) in [6, 6.07) is 4.52. The van der Waals surface area contributed by atoms with Gasteiger partial charge in [0.15, 0.2) is 0 Å². The normalized spacial score (nSPS) is 22.7. The minimum Gasteiger partial charge on any atom is -0.508 e. The van der Waals surface area contributed by atoms with Crippen LogP contribution in [0.4, 0.5) is 4.39 Å². The standard InChI is InChI=1S/C12H16FNO/c1-12(2)6-11(12)14-7-8-5-9(13)3-4-10(8)15/h3-5,11,14-15H,6-7H2,1-2H3.